The summed E-state index contributed by atoms with van der Waals surface area (Å²) in [5.41, 5.74) is 0. The van der Waals surface area contributed by atoms with Gasteiger partial charge in [-0.1, -0.05) is 36.4 Å². The molecule has 1 N–H and O–H groups in total. The molecule has 3 heteroatoms. The normalized spacial score (nSPS) is 8.25. The van der Waals surface area contributed by atoms with Crippen LogP contribution in [0.15, 0.2) is 60.7 Å². The van der Waals surface area contributed by atoms with Gasteiger partial charge in [-0.25, -0.2) is 5.41 Å². The highest BCUT2D eigenvalue weighted by Crippen LogP contribution is 2.19. The van der Waals surface area contributed by atoms with Gasteiger partial charge in [0.2, 0.25) is 0 Å². The zero-order chi connectivity index (χ0) is 11.6. The van der Waals surface area contributed by atoms with Crippen LogP contribution in [0.2, 0.25) is 0 Å². The van der Waals surface area contributed by atoms with E-state index in [1.165, 1.54) is 0 Å². The molecule has 0 spiro atoms. The molecule has 0 unspecified atom stereocenters. The quantitative estimate of drug-likeness (QED) is 0.620. The summed E-state index contributed by atoms with van der Waals surface area (Å²) >= 11 is 3.81. The van der Waals surface area contributed by atoms with E-state index >= 15 is 0 Å². The molecule has 0 saturated carbocycles. The topological polar surface area (TPSA) is 33.1 Å². The zero-order valence-corrected chi connectivity index (χ0v) is 9.41. The Kier molecular flexibility index (Phi) is 5.56. The standard InChI is InChI=1S/C12H10O.CHNS/c1-3-7-11(8-4-1)13-12-9-5-2-6-10-12;2-1-3/h1-10H;2H. The van der Waals surface area contributed by atoms with E-state index in [0.29, 0.717) is 0 Å². The van der Waals surface area contributed by atoms with E-state index in [1.54, 1.807) is 5.16 Å². The Morgan fingerprint density at radius 1 is 0.812 bits per heavy atom. The summed E-state index contributed by atoms with van der Waals surface area (Å²) in [6.45, 7) is 0. The lowest BCUT2D eigenvalue weighted by atomic mass is 10.3. The molecular formula is C13H11NOS. The fourth-order valence-electron chi connectivity index (χ4n) is 1.11. The average molecular weight is 229 g/mol. The van der Waals surface area contributed by atoms with Gasteiger partial charge in [-0.15, -0.1) is 0 Å². The maximum atomic E-state index is 5.77. The maximum absolute atomic E-state index is 5.77. The van der Waals surface area contributed by atoms with Gasteiger partial charge in [0.25, 0.3) is 0 Å². The molecule has 0 radical (unpaired) electrons. The molecule has 0 bridgehead atoms. The second-order valence-corrected chi connectivity index (χ2v) is 3.03. The molecule has 0 aliphatic heterocycles. The van der Waals surface area contributed by atoms with Gasteiger partial charge in [0, 0.05) is 0 Å². The predicted molar refractivity (Wildman–Crippen MR) is 68.3 cm³/mol. The first-order chi connectivity index (χ1) is 7.86. The van der Waals surface area contributed by atoms with E-state index in [1.807, 2.05) is 60.7 Å². The van der Waals surface area contributed by atoms with Crippen LogP contribution >= 0.6 is 12.2 Å². The van der Waals surface area contributed by atoms with Crippen LogP contribution in [0.5, 0.6) is 11.5 Å². The molecule has 0 heterocycles. The molecule has 80 valence electrons. The predicted octanol–water partition coefficient (Wildman–Crippen LogP) is 4.15. The van der Waals surface area contributed by atoms with Gasteiger partial charge in [-0.2, -0.15) is 0 Å². The molecule has 0 aliphatic carbocycles. The molecule has 2 rings (SSSR count). The molecule has 0 fully saturated rings. The second kappa shape index (κ2) is 7.35. The smallest absolute Gasteiger partial charge is 0.127 e. The van der Waals surface area contributed by atoms with Gasteiger partial charge >= 0.3 is 0 Å². The Balaban J connectivity index is 0.000000386. The van der Waals surface area contributed by atoms with Crippen molar-refractivity contribution < 1.29 is 4.74 Å². The van der Waals surface area contributed by atoms with Crippen molar-refractivity contribution in [2.75, 3.05) is 0 Å². The summed E-state index contributed by atoms with van der Waals surface area (Å²) in [6.07, 6.45) is 0. The number of rotatable bonds is 2. The SMILES string of the molecule is N=C=S.c1ccc(Oc2ccccc2)cc1. The van der Waals surface area contributed by atoms with E-state index in [4.69, 9.17) is 10.1 Å². The van der Waals surface area contributed by atoms with Crippen molar-refractivity contribution in [2.24, 2.45) is 0 Å². The molecule has 0 saturated heterocycles. The maximum Gasteiger partial charge on any atom is 0.127 e. The number of hydrogen-bond donors (Lipinski definition) is 1. The Bertz CT molecular complexity index is 399. The highest BCUT2D eigenvalue weighted by molar-refractivity contribution is 7.78. The molecule has 16 heavy (non-hydrogen) atoms. The first kappa shape index (κ1) is 12.1. The lowest BCUT2D eigenvalue weighted by Gasteiger charge is -2.03. The van der Waals surface area contributed by atoms with Crippen molar-refractivity contribution in [3.63, 3.8) is 0 Å². The summed E-state index contributed by atoms with van der Waals surface area (Å²) in [7, 11) is 0. The van der Waals surface area contributed by atoms with Gasteiger partial charge < -0.3 is 4.74 Å². The van der Waals surface area contributed by atoms with Crippen molar-refractivity contribution in [1.29, 1.82) is 5.41 Å². The Hall–Kier alpha value is -1.96. The van der Waals surface area contributed by atoms with Gasteiger partial charge in [-0.05, 0) is 36.5 Å². The van der Waals surface area contributed by atoms with Crippen molar-refractivity contribution >= 4 is 17.4 Å². The lowest BCUT2D eigenvalue weighted by molar-refractivity contribution is 0.482. The van der Waals surface area contributed by atoms with Gasteiger partial charge in [0.15, 0.2) is 0 Å². The van der Waals surface area contributed by atoms with E-state index in [0.717, 1.165) is 11.5 Å². The third kappa shape index (κ3) is 4.51. The second-order valence-electron chi connectivity index (χ2n) is 2.83. The Morgan fingerprint density at radius 3 is 1.44 bits per heavy atom. The largest absolute Gasteiger partial charge is 0.457 e. The molecule has 0 aliphatic rings. The fourth-order valence-corrected chi connectivity index (χ4v) is 1.11. The minimum absolute atomic E-state index is 0.869. The van der Waals surface area contributed by atoms with E-state index < -0.39 is 0 Å². The summed E-state index contributed by atoms with van der Waals surface area (Å²) in [5.74, 6) is 1.74. The van der Waals surface area contributed by atoms with Gasteiger partial charge in [-0.3, -0.25) is 0 Å². The summed E-state index contributed by atoms with van der Waals surface area (Å²) < 4.78 is 5.58. The number of benzene rings is 2. The van der Waals surface area contributed by atoms with Gasteiger partial charge in [0.1, 0.15) is 11.5 Å². The third-order valence-corrected chi connectivity index (χ3v) is 1.72. The van der Waals surface area contributed by atoms with Crippen molar-refractivity contribution in [2.45, 2.75) is 0 Å². The Morgan fingerprint density at radius 2 is 1.12 bits per heavy atom. The molecule has 2 nitrogen and oxygen atoms in total. The van der Waals surface area contributed by atoms with Crippen LogP contribution in [-0.4, -0.2) is 5.16 Å². The first-order valence-corrected chi connectivity index (χ1v) is 5.09. The van der Waals surface area contributed by atoms with Crippen LogP contribution in [0, 0.1) is 5.41 Å². The van der Waals surface area contributed by atoms with Crippen LogP contribution in [0.1, 0.15) is 0 Å². The number of hydrogen-bond acceptors (Lipinski definition) is 3. The molecular weight excluding hydrogens is 218 g/mol. The monoisotopic (exact) mass is 229 g/mol. The third-order valence-electron chi connectivity index (χ3n) is 1.72. The van der Waals surface area contributed by atoms with Crippen LogP contribution in [0.4, 0.5) is 0 Å². The first-order valence-electron chi connectivity index (χ1n) is 4.68. The number of para-hydroxylation sites is 2. The summed E-state index contributed by atoms with van der Waals surface area (Å²) in [6, 6.07) is 19.5. The fraction of sp³-hybridized carbons (Fsp3) is 0. The number of thiocarbonyl (C=S) groups is 1. The van der Waals surface area contributed by atoms with Gasteiger partial charge in [0.05, 0.1) is 5.16 Å². The summed E-state index contributed by atoms with van der Waals surface area (Å²) in [5, 5.41) is 7.36. The van der Waals surface area contributed by atoms with E-state index in [2.05, 4.69) is 12.2 Å². The molecule has 0 aromatic heterocycles. The summed E-state index contributed by atoms with van der Waals surface area (Å²) in [4.78, 5) is 0. The molecule has 2 aromatic rings. The van der Waals surface area contributed by atoms with E-state index in [9.17, 15) is 0 Å². The molecule has 0 amide bonds. The van der Waals surface area contributed by atoms with Crippen molar-refractivity contribution in [3.8, 4) is 11.5 Å². The van der Waals surface area contributed by atoms with Crippen LogP contribution in [-0.2, 0) is 0 Å². The minimum atomic E-state index is 0.869. The number of nitrogens with one attached hydrogen (secondary N) is 1. The Labute approximate surface area is 100 Å². The molecule has 0 atom stereocenters. The van der Waals surface area contributed by atoms with Crippen molar-refractivity contribution in [1.82, 2.24) is 0 Å². The number of ether oxygens (including phenoxy) is 1. The average Bonchev–Trinajstić information content (AvgIpc) is 2.33. The number of isothiocyanates is 1. The zero-order valence-electron chi connectivity index (χ0n) is 8.59. The highest BCUT2D eigenvalue weighted by atomic mass is 32.1. The van der Waals surface area contributed by atoms with Crippen molar-refractivity contribution in [3.05, 3.63) is 60.7 Å². The lowest BCUT2D eigenvalue weighted by Crippen LogP contribution is -1.81. The molecule has 2 aromatic carbocycles. The van der Waals surface area contributed by atoms with Crippen LogP contribution in [0.25, 0.3) is 0 Å². The van der Waals surface area contributed by atoms with Crippen LogP contribution < -0.4 is 4.74 Å². The van der Waals surface area contributed by atoms with E-state index in [-0.39, 0.29) is 0 Å². The minimum Gasteiger partial charge on any atom is -0.457 e. The highest BCUT2D eigenvalue weighted by Gasteiger charge is 1.92. The van der Waals surface area contributed by atoms with Crippen LogP contribution in [0.3, 0.4) is 0 Å².